The maximum atomic E-state index is 14.2. The highest BCUT2D eigenvalue weighted by Gasteiger charge is 2.28. The van der Waals surface area contributed by atoms with Gasteiger partial charge in [-0.05, 0) is 30.3 Å². The Morgan fingerprint density at radius 2 is 1.93 bits per heavy atom. The summed E-state index contributed by atoms with van der Waals surface area (Å²) in [6.07, 6.45) is 0.646. The Labute approximate surface area is 160 Å². The lowest BCUT2D eigenvalue weighted by Crippen LogP contribution is -2.36. The number of aromatic nitrogens is 2. The predicted octanol–water partition coefficient (Wildman–Crippen LogP) is 3.19. The number of benzene rings is 2. The van der Waals surface area contributed by atoms with Gasteiger partial charge in [0.05, 0.1) is 0 Å². The molecule has 7 heteroatoms. The van der Waals surface area contributed by atoms with E-state index in [9.17, 15) is 9.18 Å². The summed E-state index contributed by atoms with van der Waals surface area (Å²) in [5.74, 6) is 0.820. The quantitative estimate of drug-likeness (QED) is 0.743. The fourth-order valence-electron chi connectivity index (χ4n) is 3.70. The molecule has 0 atom stereocenters. The zero-order valence-corrected chi connectivity index (χ0v) is 15.1. The molecule has 1 aromatic heterocycles. The number of amides is 1. The predicted molar refractivity (Wildman–Crippen MR) is 99.9 cm³/mol. The van der Waals surface area contributed by atoms with Crippen molar-refractivity contribution in [1.29, 1.82) is 0 Å². The van der Waals surface area contributed by atoms with E-state index in [1.807, 2.05) is 0 Å². The summed E-state index contributed by atoms with van der Waals surface area (Å²) < 4.78 is 25.3. The van der Waals surface area contributed by atoms with E-state index in [-0.39, 0.29) is 11.7 Å². The van der Waals surface area contributed by atoms with Crippen molar-refractivity contribution < 1.29 is 18.7 Å². The molecule has 0 spiro atoms. The minimum Gasteiger partial charge on any atom is -0.486 e. The Morgan fingerprint density at radius 3 is 2.79 bits per heavy atom. The summed E-state index contributed by atoms with van der Waals surface area (Å²) in [6, 6.07) is 11.8. The first-order valence-electron chi connectivity index (χ1n) is 9.20. The number of rotatable bonds is 2. The molecule has 3 heterocycles. The topological polar surface area (TPSA) is 67.5 Å². The van der Waals surface area contributed by atoms with Crippen molar-refractivity contribution in [1.82, 2.24) is 15.1 Å². The molecule has 0 unspecified atom stereocenters. The molecular formula is C21H18FN3O3. The Bertz CT molecular complexity index is 1060. The number of nitrogens with one attached hydrogen (secondary N) is 1. The molecule has 0 radical (unpaired) electrons. The van der Waals surface area contributed by atoms with Crippen LogP contribution in [-0.2, 0) is 13.0 Å². The number of halogens is 1. The van der Waals surface area contributed by atoms with Gasteiger partial charge >= 0.3 is 0 Å². The Morgan fingerprint density at radius 1 is 1.11 bits per heavy atom. The Hall–Kier alpha value is -3.35. The summed E-state index contributed by atoms with van der Waals surface area (Å²) in [5, 5.41) is 7.31. The smallest absolute Gasteiger partial charge is 0.254 e. The molecule has 3 aromatic rings. The number of fused-ring (bicyclic) bond motifs is 2. The van der Waals surface area contributed by atoms with Gasteiger partial charge in [0.2, 0.25) is 0 Å². The van der Waals surface area contributed by atoms with Gasteiger partial charge < -0.3 is 14.4 Å². The second-order valence-corrected chi connectivity index (χ2v) is 6.84. The minimum atomic E-state index is -0.327. The summed E-state index contributed by atoms with van der Waals surface area (Å²) in [7, 11) is 0. The van der Waals surface area contributed by atoms with E-state index < -0.39 is 0 Å². The molecule has 1 amide bonds. The first-order chi connectivity index (χ1) is 13.7. The maximum Gasteiger partial charge on any atom is 0.254 e. The summed E-state index contributed by atoms with van der Waals surface area (Å²) in [6.45, 7) is 1.93. The Balaban J connectivity index is 1.44. The average Bonchev–Trinajstić information content (AvgIpc) is 3.16. The van der Waals surface area contributed by atoms with E-state index in [1.165, 1.54) is 6.07 Å². The van der Waals surface area contributed by atoms with Crippen LogP contribution < -0.4 is 9.47 Å². The molecule has 2 aliphatic rings. The summed E-state index contributed by atoms with van der Waals surface area (Å²) in [5.41, 5.74) is 3.36. The second kappa shape index (κ2) is 6.67. The van der Waals surface area contributed by atoms with Crippen LogP contribution in [0.4, 0.5) is 4.39 Å². The molecule has 0 saturated heterocycles. The van der Waals surface area contributed by atoms with Gasteiger partial charge in [-0.1, -0.05) is 12.1 Å². The van der Waals surface area contributed by atoms with Gasteiger partial charge in [0.1, 0.15) is 24.7 Å². The van der Waals surface area contributed by atoms with Crippen LogP contribution in [0.3, 0.4) is 0 Å². The van der Waals surface area contributed by atoms with Gasteiger partial charge in [0.25, 0.3) is 5.91 Å². The third-order valence-corrected chi connectivity index (χ3v) is 5.14. The van der Waals surface area contributed by atoms with Crippen molar-refractivity contribution in [3.63, 3.8) is 0 Å². The molecule has 0 fully saturated rings. The van der Waals surface area contributed by atoms with Crippen molar-refractivity contribution in [2.75, 3.05) is 19.8 Å². The normalized spacial score (nSPS) is 15.2. The monoisotopic (exact) mass is 379 g/mol. The molecule has 2 aliphatic heterocycles. The highest BCUT2D eigenvalue weighted by Crippen LogP contribution is 2.33. The molecular weight excluding hydrogens is 361 g/mol. The molecule has 6 nitrogen and oxygen atoms in total. The van der Waals surface area contributed by atoms with Crippen LogP contribution in [0.2, 0.25) is 0 Å². The van der Waals surface area contributed by atoms with Gasteiger partial charge in [0.15, 0.2) is 11.5 Å². The highest BCUT2D eigenvalue weighted by atomic mass is 19.1. The fourth-order valence-corrected chi connectivity index (χ4v) is 3.70. The van der Waals surface area contributed by atoms with E-state index in [2.05, 4.69) is 10.2 Å². The maximum absolute atomic E-state index is 14.2. The van der Waals surface area contributed by atoms with Gasteiger partial charge in [-0.2, -0.15) is 5.10 Å². The van der Waals surface area contributed by atoms with Crippen molar-refractivity contribution in [2.45, 2.75) is 13.0 Å². The molecule has 2 aromatic carbocycles. The van der Waals surface area contributed by atoms with Crippen LogP contribution in [0.15, 0.2) is 42.5 Å². The molecule has 1 N–H and O–H groups in total. The first kappa shape index (κ1) is 16.8. The number of hydrogen-bond acceptors (Lipinski definition) is 4. The number of H-pyrrole nitrogens is 1. The van der Waals surface area contributed by atoms with E-state index in [0.29, 0.717) is 61.0 Å². The van der Waals surface area contributed by atoms with Crippen molar-refractivity contribution in [2.24, 2.45) is 0 Å². The molecule has 28 heavy (non-hydrogen) atoms. The van der Waals surface area contributed by atoms with E-state index in [4.69, 9.17) is 9.47 Å². The summed E-state index contributed by atoms with van der Waals surface area (Å²) in [4.78, 5) is 14.8. The standard InChI is InChI=1S/C21H18FN3O3/c22-16-4-2-1-3-14(16)20-15-12-25(8-7-17(15)23-24-20)21(26)13-5-6-18-19(11-13)28-10-9-27-18/h1-6,11H,7-10,12H2,(H,23,24). The van der Waals surface area contributed by atoms with Gasteiger partial charge in [0, 0.05) is 41.9 Å². The molecule has 0 aliphatic carbocycles. The van der Waals surface area contributed by atoms with Crippen LogP contribution in [-0.4, -0.2) is 40.8 Å². The largest absolute Gasteiger partial charge is 0.486 e. The minimum absolute atomic E-state index is 0.0942. The number of carbonyl (C=O) groups is 1. The fraction of sp³-hybridized carbons (Fsp3) is 0.238. The van der Waals surface area contributed by atoms with Gasteiger partial charge in [-0.3, -0.25) is 9.89 Å². The molecule has 0 saturated carbocycles. The van der Waals surface area contributed by atoms with Crippen LogP contribution in [0.25, 0.3) is 11.3 Å². The number of carbonyl (C=O) groups excluding carboxylic acids is 1. The van der Waals surface area contributed by atoms with Gasteiger partial charge in [-0.15, -0.1) is 0 Å². The number of nitrogens with zero attached hydrogens (tertiary/aromatic N) is 2. The molecule has 0 bridgehead atoms. The molecule has 142 valence electrons. The third-order valence-electron chi connectivity index (χ3n) is 5.14. The SMILES string of the molecule is O=C(c1ccc2c(c1)OCCO2)N1CCc2[nH]nc(-c3ccccc3F)c2C1. The zero-order chi connectivity index (χ0) is 19.1. The third kappa shape index (κ3) is 2.79. The Kier molecular flexibility index (Phi) is 4.00. The lowest BCUT2D eigenvalue weighted by atomic mass is 10.00. The van der Waals surface area contributed by atoms with Crippen LogP contribution in [0, 0.1) is 5.82 Å². The number of hydrogen-bond donors (Lipinski definition) is 1. The number of ether oxygens (including phenoxy) is 2. The average molecular weight is 379 g/mol. The van der Waals surface area contributed by atoms with E-state index >= 15 is 0 Å². The zero-order valence-electron chi connectivity index (χ0n) is 15.1. The lowest BCUT2D eigenvalue weighted by Gasteiger charge is -2.28. The molecule has 5 rings (SSSR count). The van der Waals surface area contributed by atoms with Crippen LogP contribution in [0.5, 0.6) is 11.5 Å². The van der Waals surface area contributed by atoms with E-state index in [1.54, 1.807) is 41.3 Å². The second-order valence-electron chi connectivity index (χ2n) is 6.84. The van der Waals surface area contributed by atoms with Crippen LogP contribution in [0.1, 0.15) is 21.6 Å². The van der Waals surface area contributed by atoms with E-state index in [0.717, 1.165) is 11.3 Å². The van der Waals surface area contributed by atoms with Crippen molar-refractivity contribution in [3.05, 3.63) is 65.1 Å². The van der Waals surface area contributed by atoms with Gasteiger partial charge in [-0.25, -0.2) is 4.39 Å². The number of aromatic amines is 1. The van der Waals surface area contributed by atoms with Crippen LogP contribution >= 0.6 is 0 Å². The van der Waals surface area contributed by atoms with Crippen molar-refractivity contribution >= 4 is 5.91 Å². The lowest BCUT2D eigenvalue weighted by molar-refractivity contribution is 0.0733. The van der Waals surface area contributed by atoms with Crippen molar-refractivity contribution in [3.8, 4) is 22.8 Å². The summed E-state index contributed by atoms with van der Waals surface area (Å²) >= 11 is 0. The first-order valence-corrected chi connectivity index (χ1v) is 9.20. The highest BCUT2D eigenvalue weighted by molar-refractivity contribution is 5.95.